The molecular formula is C19H17FN2O2S. The molecule has 0 aliphatic rings. The van der Waals surface area contributed by atoms with E-state index in [1.807, 2.05) is 30.3 Å². The van der Waals surface area contributed by atoms with Crippen molar-refractivity contribution in [1.29, 1.82) is 0 Å². The number of nitrogens with one attached hydrogen (secondary N) is 1. The van der Waals surface area contributed by atoms with Crippen LogP contribution in [0.4, 0.5) is 4.39 Å². The molecule has 1 amide bonds. The van der Waals surface area contributed by atoms with Crippen molar-refractivity contribution in [2.24, 2.45) is 0 Å². The summed E-state index contributed by atoms with van der Waals surface area (Å²) in [7, 11) is 1.48. The highest BCUT2D eigenvalue weighted by Gasteiger charge is 2.20. The summed E-state index contributed by atoms with van der Waals surface area (Å²) in [4.78, 5) is 17.3. The Labute approximate surface area is 149 Å². The summed E-state index contributed by atoms with van der Waals surface area (Å²) in [6, 6.07) is 14.2. The zero-order chi connectivity index (χ0) is 17.8. The quantitative estimate of drug-likeness (QED) is 0.745. The van der Waals surface area contributed by atoms with E-state index in [4.69, 9.17) is 4.74 Å². The summed E-state index contributed by atoms with van der Waals surface area (Å²) in [6.07, 6.45) is 0. The van der Waals surface area contributed by atoms with Crippen LogP contribution in [0.15, 0.2) is 48.5 Å². The number of ether oxygens (including phenoxy) is 1. The topological polar surface area (TPSA) is 51.2 Å². The predicted octanol–water partition coefficient (Wildman–Crippen LogP) is 4.20. The molecule has 0 atom stereocenters. The van der Waals surface area contributed by atoms with Crippen LogP contribution >= 0.6 is 11.3 Å². The maximum Gasteiger partial charge on any atom is 0.263 e. The SMILES string of the molecule is COc1cccc(F)c1-c1nc(C)c(C(=O)NCc2ccccc2)s1. The first-order valence-electron chi connectivity index (χ1n) is 7.72. The van der Waals surface area contributed by atoms with Crippen molar-refractivity contribution in [3.8, 4) is 16.3 Å². The maximum absolute atomic E-state index is 14.2. The van der Waals surface area contributed by atoms with Crippen LogP contribution in [0.5, 0.6) is 5.75 Å². The van der Waals surface area contributed by atoms with Crippen LogP contribution in [0, 0.1) is 12.7 Å². The standard InChI is InChI=1S/C19H17FN2O2S/c1-12-17(18(23)21-11-13-7-4-3-5-8-13)25-19(22-12)16-14(20)9-6-10-15(16)24-2/h3-10H,11H2,1-2H3,(H,21,23). The van der Waals surface area contributed by atoms with Crippen molar-refractivity contribution in [1.82, 2.24) is 10.3 Å². The molecule has 0 aliphatic heterocycles. The molecule has 1 N–H and O–H groups in total. The van der Waals surface area contributed by atoms with Gasteiger partial charge in [0.25, 0.3) is 5.91 Å². The van der Waals surface area contributed by atoms with E-state index < -0.39 is 5.82 Å². The van der Waals surface area contributed by atoms with Crippen LogP contribution in [-0.2, 0) is 6.54 Å². The molecule has 6 heteroatoms. The molecule has 25 heavy (non-hydrogen) atoms. The van der Waals surface area contributed by atoms with Gasteiger partial charge in [0.1, 0.15) is 21.5 Å². The van der Waals surface area contributed by atoms with E-state index >= 15 is 0 Å². The Kier molecular flexibility index (Phi) is 5.09. The Hall–Kier alpha value is -2.73. The minimum absolute atomic E-state index is 0.222. The number of aromatic nitrogens is 1. The van der Waals surface area contributed by atoms with Gasteiger partial charge in [-0.15, -0.1) is 11.3 Å². The fourth-order valence-corrected chi connectivity index (χ4v) is 3.49. The fourth-order valence-electron chi connectivity index (χ4n) is 2.45. The Morgan fingerprint density at radius 3 is 2.68 bits per heavy atom. The molecule has 1 aromatic heterocycles. The monoisotopic (exact) mass is 356 g/mol. The normalized spacial score (nSPS) is 10.5. The first-order valence-corrected chi connectivity index (χ1v) is 8.54. The number of carbonyl (C=O) groups excluding carboxylic acids is 1. The lowest BCUT2D eigenvalue weighted by atomic mass is 10.2. The highest BCUT2D eigenvalue weighted by molar-refractivity contribution is 7.17. The Morgan fingerprint density at radius 1 is 1.20 bits per heavy atom. The average Bonchev–Trinajstić information content (AvgIpc) is 3.01. The number of carbonyl (C=O) groups is 1. The van der Waals surface area contributed by atoms with E-state index in [-0.39, 0.29) is 11.5 Å². The molecule has 0 bridgehead atoms. The van der Waals surface area contributed by atoms with Crippen LogP contribution in [-0.4, -0.2) is 18.0 Å². The summed E-state index contributed by atoms with van der Waals surface area (Å²) < 4.78 is 19.4. The van der Waals surface area contributed by atoms with Gasteiger partial charge in [0, 0.05) is 6.54 Å². The number of amides is 1. The molecular weight excluding hydrogens is 339 g/mol. The number of halogens is 1. The second-order valence-corrected chi connectivity index (χ2v) is 6.42. The third-order valence-corrected chi connectivity index (χ3v) is 4.88. The number of aryl methyl sites for hydroxylation is 1. The predicted molar refractivity (Wildman–Crippen MR) is 96.4 cm³/mol. The third-order valence-electron chi connectivity index (χ3n) is 3.71. The fraction of sp³-hybridized carbons (Fsp3) is 0.158. The Bertz CT molecular complexity index is 894. The summed E-state index contributed by atoms with van der Waals surface area (Å²) in [6.45, 7) is 2.17. The van der Waals surface area contributed by atoms with Crippen molar-refractivity contribution in [2.75, 3.05) is 7.11 Å². The molecule has 0 radical (unpaired) electrons. The lowest BCUT2D eigenvalue weighted by Gasteiger charge is -2.06. The van der Waals surface area contributed by atoms with Gasteiger partial charge in [0.05, 0.1) is 18.4 Å². The maximum atomic E-state index is 14.2. The minimum Gasteiger partial charge on any atom is -0.496 e. The van der Waals surface area contributed by atoms with Crippen LogP contribution in [0.1, 0.15) is 20.9 Å². The molecule has 0 fully saturated rings. The summed E-state index contributed by atoms with van der Waals surface area (Å²) >= 11 is 1.16. The van der Waals surface area contributed by atoms with Gasteiger partial charge in [-0.2, -0.15) is 0 Å². The van der Waals surface area contributed by atoms with Crippen molar-refractivity contribution in [2.45, 2.75) is 13.5 Å². The molecule has 128 valence electrons. The number of benzene rings is 2. The number of nitrogens with zero attached hydrogens (tertiary/aromatic N) is 1. The summed E-state index contributed by atoms with van der Waals surface area (Å²) in [5, 5.41) is 3.30. The smallest absolute Gasteiger partial charge is 0.263 e. The van der Waals surface area contributed by atoms with E-state index in [0.717, 1.165) is 16.9 Å². The average molecular weight is 356 g/mol. The second-order valence-electron chi connectivity index (χ2n) is 5.42. The van der Waals surface area contributed by atoms with Gasteiger partial charge < -0.3 is 10.1 Å². The number of methoxy groups -OCH3 is 1. The first-order chi connectivity index (χ1) is 12.1. The third kappa shape index (κ3) is 3.69. The highest BCUT2D eigenvalue weighted by atomic mass is 32.1. The lowest BCUT2D eigenvalue weighted by molar-refractivity contribution is 0.0954. The van der Waals surface area contributed by atoms with E-state index in [0.29, 0.717) is 27.9 Å². The Morgan fingerprint density at radius 2 is 1.96 bits per heavy atom. The zero-order valence-corrected chi connectivity index (χ0v) is 14.7. The number of hydrogen-bond acceptors (Lipinski definition) is 4. The lowest BCUT2D eigenvalue weighted by Crippen LogP contribution is -2.22. The second kappa shape index (κ2) is 7.44. The number of thiazole rings is 1. The van der Waals surface area contributed by atoms with Crippen molar-refractivity contribution < 1.29 is 13.9 Å². The molecule has 2 aromatic carbocycles. The van der Waals surface area contributed by atoms with Gasteiger partial charge >= 0.3 is 0 Å². The molecule has 1 heterocycles. The molecule has 3 aromatic rings. The van der Waals surface area contributed by atoms with E-state index in [2.05, 4.69) is 10.3 Å². The van der Waals surface area contributed by atoms with Crippen molar-refractivity contribution >= 4 is 17.2 Å². The van der Waals surface area contributed by atoms with Crippen LogP contribution < -0.4 is 10.1 Å². The molecule has 4 nitrogen and oxygen atoms in total. The van der Waals surface area contributed by atoms with Gasteiger partial charge in [-0.05, 0) is 24.6 Å². The van der Waals surface area contributed by atoms with E-state index in [1.165, 1.54) is 13.2 Å². The Balaban J connectivity index is 1.84. The van der Waals surface area contributed by atoms with Gasteiger partial charge in [-0.3, -0.25) is 4.79 Å². The molecule has 0 aliphatic carbocycles. The molecule has 0 saturated carbocycles. The number of hydrogen-bond donors (Lipinski definition) is 1. The highest BCUT2D eigenvalue weighted by Crippen LogP contribution is 2.36. The van der Waals surface area contributed by atoms with E-state index in [9.17, 15) is 9.18 Å². The van der Waals surface area contributed by atoms with Crippen molar-refractivity contribution in [3.63, 3.8) is 0 Å². The summed E-state index contributed by atoms with van der Waals surface area (Å²) in [5.74, 6) is -0.255. The van der Waals surface area contributed by atoms with Gasteiger partial charge in [0.15, 0.2) is 0 Å². The van der Waals surface area contributed by atoms with Crippen LogP contribution in [0.25, 0.3) is 10.6 Å². The molecule has 0 unspecified atom stereocenters. The largest absolute Gasteiger partial charge is 0.496 e. The van der Waals surface area contributed by atoms with Gasteiger partial charge in [-0.1, -0.05) is 36.4 Å². The molecule has 3 rings (SSSR count). The van der Waals surface area contributed by atoms with E-state index in [1.54, 1.807) is 19.1 Å². The summed E-state index contributed by atoms with van der Waals surface area (Å²) in [5.41, 5.74) is 1.85. The molecule has 0 spiro atoms. The van der Waals surface area contributed by atoms with Gasteiger partial charge in [-0.25, -0.2) is 9.37 Å². The van der Waals surface area contributed by atoms with Crippen LogP contribution in [0.3, 0.4) is 0 Å². The van der Waals surface area contributed by atoms with Crippen molar-refractivity contribution in [3.05, 3.63) is 70.5 Å². The first kappa shape index (κ1) is 17.1. The molecule has 0 saturated heterocycles. The van der Waals surface area contributed by atoms with Gasteiger partial charge in [0.2, 0.25) is 0 Å². The zero-order valence-electron chi connectivity index (χ0n) is 13.9. The minimum atomic E-state index is -0.427. The number of rotatable bonds is 5. The van der Waals surface area contributed by atoms with Crippen LogP contribution in [0.2, 0.25) is 0 Å².